The van der Waals surface area contributed by atoms with E-state index in [0.717, 1.165) is 0 Å². The van der Waals surface area contributed by atoms with Crippen molar-refractivity contribution >= 4 is 12.0 Å². The van der Waals surface area contributed by atoms with E-state index in [4.69, 9.17) is 10.5 Å². The lowest BCUT2D eigenvalue weighted by atomic mass is 10.2. The molecule has 2 rings (SSSR count). The molecule has 1 saturated heterocycles. The third-order valence-corrected chi connectivity index (χ3v) is 3.14. The average Bonchev–Trinajstić information content (AvgIpc) is 2.86. The molecule has 0 spiro atoms. The fourth-order valence-corrected chi connectivity index (χ4v) is 2.03. The molecule has 1 amide bonds. The van der Waals surface area contributed by atoms with Crippen LogP contribution in [0.25, 0.3) is 0 Å². The Morgan fingerprint density at radius 1 is 1.33 bits per heavy atom. The number of H-pyrrole nitrogens is 1. The molecule has 2 heterocycles. The van der Waals surface area contributed by atoms with Crippen molar-refractivity contribution in [3.63, 3.8) is 0 Å². The number of rotatable bonds is 2. The van der Waals surface area contributed by atoms with Gasteiger partial charge in [-0.3, -0.25) is 5.10 Å². The Bertz CT molecular complexity index is 485. The fraction of sp³-hybridized carbons (Fsp3) is 0.769. The summed E-state index contributed by atoms with van der Waals surface area (Å²) < 4.78 is 5.37. The van der Waals surface area contributed by atoms with Crippen LogP contribution in [0.5, 0.6) is 0 Å². The Morgan fingerprint density at radius 2 is 1.95 bits per heavy atom. The Balaban J connectivity index is 1.89. The van der Waals surface area contributed by atoms with Crippen molar-refractivity contribution in [3.05, 3.63) is 5.82 Å². The van der Waals surface area contributed by atoms with Crippen LogP contribution in [0.1, 0.15) is 39.6 Å². The number of nitrogens with one attached hydrogen (secondary N) is 1. The molecule has 1 aliphatic rings. The number of amides is 1. The first-order chi connectivity index (χ1) is 9.76. The molecule has 1 fully saturated rings. The van der Waals surface area contributed by atoms with Crippen LogP contribution in [0.2, 0.25) is 0 Å². The van der Waals surface area contributed by atoms with Crippen LogP contribution in [0.3, 0.4) is 0 Å². The summed E-state index contributed by atoms with van der Waals surface area (Å²) in [6, 6.07) is -0.172. The van der Waals surface area contributed by atoms with Gasteiger partial charge in [0.05, 0.1) is 6.04 Å². The highest BCUT2D eigenvalue weighted by atomic mass is 16.6. The number of aromatic nitrogens is 3. The van der Waals surface area contributed by atoms with Gasteiger partial charge in [0, 0.05) is 26.2 Å². The quantitative estimate of drug-likeness (QED) is 0.840. The minimum atomic E-state index is -0.468. The van der Waals surface area contributed by atoms with Gasteiger partial charge in [0.15, 0.2) is 0 Å². The second-order valence-corrected chi connectivity index (χ2v) is 6.26. The standard InChI is InChI=1S/C13H24N6O2/c1-9(14)10-15-11(17-16-10)18-5-7-19(8-6-18)12(20)21-13(2,3)4/h9H,5-8,14H2,1-4H3,(H,15,16,17)/t9-/m1/s1. The molecule has 1 aliphatic heterocycles. The zero-order chi connectivity index (χ0) is 15.6. The Kier molecular flexibility index (Phi) is 4.36. The van der Waals surface area contributed by atoms with Gasteiger partial charge in [-0.05, 0) is 27.7 Å². The molecule has 1 atom stereocenters. The SMILES string of the molecule is C[C@@H](N)c1nc(N2CCN(C(=O)OC(C)(C)C)CC2)n[nH]1. The van der Waals surface area contributed by atoms with Crippen LogP contribution >= 0.6 is 0 Å². The Labute approximate surface area is 124 Å². The number of carbonyl (C=O) groups excluding carboxylic acids is 1. The number of anilines is 1. The maximum Gasteiger partial charge on any atom is 0.410 e. The normalized spacial score (nSPS) is 17.8. The van der Waals surface area contributed by atoms with Gasteiger partial charge in [-0.2, -0.15) is 4.98 Å². The number of ether oxygens (including phenoxy) is 1. The zero-order valence-corrected chi connectivity index (χ0v) is 13.1. The summed E-state index contributed by atoms with van der Waals surface area (Å²) in [5, 5.41) is 7.00. The van der Waals surface area contributed by atoms with E-state index >= 15 is 0 Å². The van der Waals surface area contributed by atoms with Crippen molar-refractivity contribution in [2.45, 2.75) is 39.3 Å². The molecule has 3 N–H and O–H groups in total. The minimum Gasteiger partial charge on any atom is -0.444 e. The highest BCUT2D eigenvalue weighted by Crippen LogP contribution is 2.15. The van der Waals surface area contributed by atoms with Crippen molar-refractivity contribution in [2.24, 2.45) is 5.73 Å². The first-order valence-electron chi connectivity index (χ1n) is 7.17. The van der Waals surface area contributed by atoms with Gasteiger partial charge in [0.25, 0.3) is 0 Å². The van der Waals surface area contributed by atoms with Gasteiger partial charge in [0.2, 0.25) is 5.95 Å². The third kappa shape index (κ3) is 4.07. The summed E-state index contributed by atoms with van der Waals surface area (Å²) in [6.45, 7) is 9.99. The predicted molar refractivity (Wildman–Crippen MR) is 79.0 cm³/mol. The lowest BCUT2D eigenvalue weighted by Gasteiger charge is -2.35. The van der Waals surface area contributed by atoms with Crippen LogP contribution in [0.4, 0.5) is 10.7 Å². The third-order valence-electron chi connectivity index (χ3n) is 3.14. The van der Waals surface area contributed by atoms with Crippen molar-refractivity contribution in [1.29, 1.82) is 0 Å². The van der Waals surface area contributed by atoms with Crippen molar-refractivity contribution in [3.8, 4) is 0 Å². The number of nitrogens with two attached hydrogens (primary N) is 1. The van der Waals surface area contributed by atoms with Gasteiger partial charge >= 0.3 is 6.09 Å². The largest absolute Gasteiger partial charge is 0.444 e. The molecule has 21 heavy (non-hydrogen) atoms. The molecule has 1 aromatic rings. The first kappa shape index (κ1) is 15.6. The van der Waals surface area contributed by atoms with Crippen LogP contribution in [0.15, 0.2) is 0 Å². The molecule has 0 aromatic carbocycles. The van der Waals surface area contributed by atoms with E-state index < -0.39 is 5.60 Å². The van der Waals surface area contributed by atoms with Crippen molar-refractivity contribution in [2.75, 3.05) is 31.1 Å². The lowest BCUT2D eigenvalue weighted by molar-refractivity contribution is 0.0240. The van der Waals surface area contributed by atoms with Gasteiger partial charge in [-0.25, -0.2) is 4.79 Å². The number of nitrogens with zero attached hydrogens (tertiary/aromatic N) is 4. The highest BCUT2D eigenvalue weighted by Gasteiger charge is 2.27. The Hall–Kier alpha value is -1.83. The summed E-state index contributed by atoms with van der Waals surface area (Å²) in [6.07, 6.45) is -0.270. The smallest absolute Gasteiger partial charge is 0.410 e. The molecule has 0 aliphatic carbocycles. The summed E-state index contributed by atoms with van der Waals surface area (Å²) >= 11 is 0. The maximum atomic E-state index is 12.0. The molecule has 118 valence electrons. The molecule has 1 aromatic heterocycles. The Morgan fingerprint density at radius 3 is 2.43 bits per heavy atom. The second-order valence-electron chi connectivity index (χ2n) is 6.26. The fourth-order valence-electron chi connectivity index (χ4n) is 2.03. The van der Waals surface area contributed by atoms with E-state index in [-0.39, 0.29) is 12.1 Å². The predicted octanol–water partition coefficient (Wildman–Crippen LogP) is 0.882. The number of carbonyl (C=O) groups is 1. The number of hydrogen-bond donors (Lipinski definition) is 2. The van der Waals surface area contributed by atoms with E-state index in [0.29, 0.717) is 38.0 Å². The van der Waals surface area contributed by atoms with Crippen LogP contribution in [-0.4, -0.2) is 58.0 Å². The van der Waals surface area contributed by atoms with Crippen molar-refractivity contribution < 1.29 is 9.53 Å². The minimum absolute atomic E-state index is 0.172. The summed E-state index contributed by atoms with van der Waals surface area (Å²) in [4.78, 5) is 20.1. The average molecular weight is 296 g/mol. The van der Waals surface area contributed by atoms with E-state index in [1.54, 1.807) is 4.90 Å². The molecular formula is C13H24N6O2. The maximum absolute atomic E-state index is 12.0. The molecule has 0 saturated carbocycles. The summed E-state index contributed by atoms with van der Waals surface area (Å²) in [5.74, 6) is 1.30. The molecule has 8 nitrogen and oxygen atoms in total. The van der Waals surface area contributed by atoms with E-state index in [1.165, 1.54) is 0 Å². The van der Waals surface area contributed by atoms with Gasteiger partial charge in [0.1, 0.15) is 11.4 Å². The van der Waals surface area contributed by atoms with Gasteiger partial charge < -0.3 is 20.3 Å². The highest BCUT2D eigenvalue weighted by molar-refractivity contribution is 5.68. The van der Waals surface area contributed by atoms with E-state index in [2.05, 4.69) is 15.2 Å². The number of piperazine rings is 1. The van der Waals surface area contributed by atoms with E-state index in [9.17, 15) is 4.79 Å². The summed E-state index contributed by atoms with van der Waals surface area (Å²) in [5.41, 5.74) is 5.29. The molecular weight excluding hydrogens is 272 g/mol. The molecule has 0 unspecified atom stereocenters. The molecule has 0 radical (unpaired) electrons. The van der Waals surface area contributed by atoms with E-state index in [1.807, 2.05) is 32.6 Å². The van der Waals surface area contributed by atoms with Crippen LogP contribution in [-0.2, 0) is 4.74 Å². The van der Waals surface area contributed by atoms with Crippen LogP contribution < -0.4 is 10.6 Å². The monoisotopic (exact) mass is 296 g/mol. The molecule has 8 heteroatoms. The number of hydrogen-bond acceptors (Lipinski definition) is 6. The van der Waals surface area contributed by atoms with Gasteiger partial charge in [-0.1, -0.05) is 0 Å². The number of aromatic amines is 1. The first-order valence-corrected chi connectivity index (χ1v) is 7.17. The van der Waals surface area contributed by atoms with Crippen LogP contribution in [0, 0.1) is 0 Å². The molecule has 0 bridgehead atoms. The summed E-state index contributed by atoms with van der Waals surface area (Å²) in [7, 11) is 0. The second kappa shape index (κ2) is 5.88. The zero-order valence-electron chi connectivity index (χ0n) is 13.1. The van der Waals surface area contributed by atoms with Crippen molar-refractivity contribution in [1.82, 2.24) is 20.1 Å². The lowest BCUT2D eigenvalue weighted by Crippen LogP contribution is -2.50. The topological polar surface area (TPSA) is 100 Å². The van der Waals surface area contributed by atoms with Gasteiger partial charge in [-0.15, -0.1) is 5.10 Å².